The van der Waals surface area contributed by atoms with Gasteiger partial charge in [0.25, 0.3) is 0 Å². The summed E-state index contributed by atoms with van der Waals surface area (Å²) in [5, 5.41) is 8.40. The summed E-state index contributed by atoms with van der Waals surface area (Å²) in [6, 6.07) is 10.6. The summed E-state index contributed by atoms with van der Waals surface area (Å²) in [5.74, 6) is 1.07. The van der Waals surface area contributed by atoms with E-state index < -0.39 is 0 Å². The van der Waals surface area contributed by atoms with Crippen molar-refractivity contribution in [1.82, 2.24) is 9.97 Å². The van der Waals surface area contributed by atoms with E-state index in [-0.39, 0.29) is 5.25 Å². The van der Waals surface area contributed by atoms with E-state index in [9.17, 15) is 0 Å². The molecule has 1 atom stereocenters. The SMILES string of the molecule is N#Cc1ccc(C(S)c2nc(N)cc(N)n2)cc1. The topological polar surface area (TPSA) is 102 Å². The van der Waals surface area contributed by atoms with Gasteiger partial charge in [0.1, 0.15) is 17.5 Å². The van der Waals surface area contributed by atoms with Crippen LogP contribution in [-0.4, -0.2) is 9.97 Å². The summed E-state index contributed by atoms with van der Waals surface area (Å²) in [4.78, 5) is 8.20. The van der Waals surface area contributed by atoms with Gasteiger partial charge in [0.15, 0.2) is 0 Å². The van der Waals surface area contributed by atoms with Gasteiger partial charge in [0, 0.05) is 6.07 Å². The van der Waals surface area contributed by atoms with Crippen molar-refractivity contribution in [2.24, 2.45) is 0 Å². The molecule has 0 aliphatic carbocycles. The van der Waals surface area contributed by atoms with Crippen molar-refractivity contribution in [3.8, 4) is 6.07 Å². The van der Waals surface area contributed by atoms with E-state index in [2.05, 4.69) is 28.7 Å². The fourth-order valence-electron chi connectivity index (χ4n) is 1.52. The maximum Gasteiger partial charge on any atom is 0.150 e. The van der Waals surface area contributed by atoms with Crippen LogP contribution in [0.15, 0.2) is 30.3 Å². The van der Waals surface area contributed by atoms with Gasteiger partial charge in [-0.05, 0) is 17.7 Å². The Bertz CT molecular complexity index is 583. The molecule has 0 saturated heterocycles. The van der Waals surface area contributed by atoms with E-state index in [0.717, 1.165) is 5.56 Å². The third-order valence-electron chi connectivity index (χ3n) is 2.38. The molecule has 1 aromatic heterocycles. The van der Waals surface area contributed by atoms with Crippen LogP contribution in [-0.2, 0) is 0 Å². The molecular formula is C12H11N5S. The van der Waals surface area contributed by atoms with Crippen molar-refractivity contribution in [3.05, 3.63) is 47.3 Å². The van der Waals surface area contributed by atoms with Gasteiger partial charge < -0.3 is 11.5 Å². The summed E-state index contributed by atoms with van der Waals surface area (Å²) < 4.78 is 0. The minimum atomic E-state index is -0.330. The van der Waals surface area contributed by atoms with Gasteiger partial charge in [-0.3, -0.25) is 0 Å². The first-order chi connectivity index (χ1) is 8.60. The highest BCUT2D eigenvalue weighted by molar-refractivity contribution is 7.80. The van der Waals surface area contributed by atoms with E-state index in [1.165, 1.54) is 6.07 Å². The lowest BCUT2D eigenvalue weighted by Gasteiger charge is -2.10. The molecule has 5 nitrogen and oxygen atoms in total. The molecule has 2 aromatic rings. The van der Waals surface area contributed by atoms with Crippen molar-refractivity contribution in [3.63, 3.8) is 0 Å². The molecule has 0 aliphatic heterocycles. The van der Waals surface area contributed by atoms with Crippen LogP contribution in [0.25, 0.3) is 0 Å². The summed E-state index contributed by atoms with van der Waals surface area (Å²) in [7, 11) is 0. The number of nitrogens with two attached hydrogens (primary N) is 2. The highest BCUT2D eigenvalue weighted by atomic mass is 32.1. The molecular weight excluding hydrogens is 246 g/mol. The lowest BCUT2D eigenvalue weighted by molar-refractivity contribution is 0.966. The van der Waals surface area contributed by atoms with Crippen LogP contribution in [0, 0.1) is 11.3 Å². The van der Waals surface area contributed by atoms with Crippen molar-refractivity contribution in [2.75, 3.05) is 11.5 Å². The van der Waals surface area contributed by atoms with Crippen LogP contribution in [0.5, 0.6) is 0 Å². The molecule has 0 fully saturated rings. The predicted molar refractivity (Wildman–Crippen MR) is 72.8 cm³/mol. The standard InChI is InChI=1S/C12H11N5S/c13-6-7-1-3-8(4-2-7)11(18)12-16-9(14)5-10(15)17-12/h1-5,11,18H,(H4,14,15,16,17). The highest BCUT2D eigenvalue weighted by Gasteiger charge is 2.13. The Labute approximate surface area is 110 Å². The Morgan fingerprint density at radius 1 is 1.11 bits per heavy atom. The highest BCUT2D eigenvalue weighted by Crippen LogP contribution is 2.26. The van der Waals surface area contributed by atoms with Gasteiger partial charge in [-0.1, -0.05) is 12.1 Å². The fraction of sp³-hybridized carbons (Fsp3) is 0.0833. The zero-order valence-electron chi connectivity index (χ0n) is 9.41. The minimum absolute atomic E-state index is 0.310. The molecule has 0 saturated carbocycles. The molecule has 90 valence electrons. The average molecular weight is 257 g/mol. The van der Waals surface area contributed by atoms with E-state index in [0.29, 0.717) is 23.0 Å². The van der Waals surface area contributed by atoms with Crippen LogP contribution in [0.2, 0.25) is 0 Å². The summed E-state index contributed by atoms with van der Waals surface area (Å²) >= 11 is 4.45. The largest absolute Gasteiger partial charge is 0.384 e. The second-order valence-electron chi connectivity index (χ2n) is 3.71. The summed E-state index contributed by atoms with van der Waals surface area (Å²) in [6.45, 7) is 0. The third-order valence-corrected chi connectivity index (χ3v) is 2.91. The zero-order chi connectivity index (χ0) is 13.1. The average Bonchev–Trinajstić information content (AvgIpc) is 2.37. The van der Waals surface area contributed by atoms with E-state index in [4.69, 9.17) is 16.7 Å². The van der Waals surface area contributed by atoms with Gasteiger partial charge in [-0.25, -0.2) is 9.97 Å². The number of thiol groups is 1. The van der Waals surface area contributed by atoms with Crippen LogP contribution in [0.4, 0.5) is 11.6 Å². The molecule has 6 heteroatoms. The first-order valence-corrected chi connectivity index (χ1v) is 5.70. The van der Waals surface area contributed by atoms with Gasteiger partial charge in [-0.15, -0.1) is 0 Å². The number of hydrogen-bond acceptors (Lipinski definition) is 6. The fourth-order valence-corrected chi connectivity index (χ4v) is 1.80. The number of benzene rings is 1. The number of rotatable bonds is 2. The first-order valence-electron chi connectivity index (χ1n) is 5.18. The quantitative estimate of drug-likeness (QED) is 0.708. The van der Waals surface area contributed by atoms with Crippen molar-refractivity contribution < 1.29 is 0 Å². The van der Waals surface area contributed by atoms with Crippen molar-refractivity contribution in [2.45, 2.75) is 5.25 Å². The van der Waals surface area contributed by atoms with Crippen LogP contribution in [0.1, 0.15) is 22.2 Å². The molecule has 0 spiro atoms. The Hall–Kier alpha value is -2.26. The molecule has 4 N–H and O–H groups in total. The molecule has 0 bridgehead atoms. The number of nitrogens with zero attached hydrogens (tertiary/aromatic N) is 3. The van der Waals surface area contributed by atoms with Crippen molar-refractivity contribution in [1.29, 1.82) is 5.26 Å². The Balaban J connectivity index is 2.35. The zero-order valence-corrected chi connectivity index (χ0v) is 10.3. The second-order valence-corrected chi connectivity index (χ2v) is 4.23. The number of nitriles is 1. The van der Waals surface area contributed by atoms with Gasteiger partial charge in [0.2, 0.25) is 0 Å². The molecule has 0 aliphatic rings. The van der Waals surface area contributed by atoms with E-state index in [1.807, 2.05) is 0 Å². The predicted octanol–water partition coefficient (Wildman–Crippen LogP) is 1.53. The normalized spacial score (nSPS) is 11.8. The maximum absolute atomic E-state index is 8.73. The molecule has 1 unspecified atom stereocenters. The molecule has 2 rings (SSSR count). The molecule has 0 amide bonds. The van der Waals surface area contributed by atoms with Crippen LogP contribution >= 0.6 is 12.6 Å². The molecule has 1 heterocycles. The lowest BCUT2D eigenvalue weighted by Crippen LogP contribution is -2.06. The molecule has 18 heavy (non-hydrogen) atoms. The monoisotopic (exact) mass is 257 g/mol. The smallest absolute Gasteiger partial charge is 0.150 e. The van der Waals surface area contributed by atoms with Crippen LogP contribution < -0.4 is 11.5 Å². The van der Waals surface area contributed by atoms with Gasteiger partial charge in [-0.2, -0.15) is 17.9 Å². The Morgan fingerprint density at radius 3 is 2.17 bits per heavy atom. The van der Waals surface area contributed by atoms with Crippen LogP contribution in [0.3, 0.4) is 0 Å². The number of aromatic nitrogens is 2. The van der Waals surface area contributed by atoms with Gasteiger partial charge >= 0.3 is 0 Å². The number of hydrogen-bond donors (Lipinski definition) is 3. The first kappa shape index (κ1) is 12.2. The lowest BCUT2D eigenvalue weighted by atomic mass is 10.1. The van der Waals surface area contributed by atoms with Gasteiger partial charge in [0.05, 0.1) is 16.9 Å². The summed E-state index contributed by atoms with van der Waals surface area (Å²) in [6.07, 6.45) is 0. The van der Waals surface area contributed by atoms with E-state index >= 15 is 0 Å². The summed E-state index contributed by atoms with van der Waals surface area (Å²) in [5.41, 5.74) is 12.7. The second kappa shape index (κ2) is 4.94. The Morgan fingerprint density at radius 2 is 1.67 bits per heavy atom. The van der Waals surface area contributed by atoms with E-state index in [1.54, 1.807) is 24.3 Å². The Kier molecular flexibility index (Phi) is 3.35. The maximum atomic E-state index is 8.73. The molecule has 0 radical (unpaired) electrons. The van der Waals surface area contributed by atoms with Crippen molar-refractivity contribution >= 4 is 24.3 Å². The number of nitrogen functional groups attached to an aromatic ring is 2. The number of anilines is 2. The third kappa shape index (κ3) is 2.52. The minimum Gasteiger partial charge on any atom is -0.384 e. The molecule has 1 aromatic carbocycles.